The summed E-state index contributed by atoms with van der Waals surface area (Å²) in [5.41, 5.74) is 0.383. The third-order valence-corrected chi connectivity index (χ3v) is 2.47. The first-order valence-corrected chi connectivity index (χ1v) is 5.60. The molecule has 0 fully saturated rings. The predicted molar refractivity (Wildman–Crippen MR) is 70.6 cm³/mol. The maximum atomic E-state index is 11.6. The van der Waals surface area contributed by atoms with Crippen LogP contribution in [-0.4, -0.2) is 23.6 Å². The second-order valence-electron chi connectivity index (χ2n) is 3.82. The zero-order valence-corrected chi connectivity index (χ0v) is 9.96. The van der Waals surface area contributed by atoms with E-state index in [9.17, 15) is 9.59 Å². The van der Waals surface area contributed by atoms with E-state index in [1.54, 1.807) is 18.2 Å². The summed E-state index contributed by atoms with van der Waals surface area (Å²) >= 11 is 0. The second-order valence-corrected chi connectivity index (χ2v) is 3.82. The van der Waals surface area contributed by atoms with Gasteiger partial charge in [0.2, 0.25) is 0 Å². The lowest BCUT2D eigenvalue weighted by molar-refractivity contribution is 0.818. The van der Waals surface area contributed by atoms with Gasteiger partial charge < -0.3 is 10.3 Å². The van der Waals surface area contributed by atoms with E-state index in [4.69, 9.17) is 0 Å². The fourth-order valence-corrected chi connectivity index (χ4v) is 1.59. The molecule has 1 aromatic carbocycles. The quantitative estimate of drug-likeness (QED) is 0.520. The van der Waals surface area contributed by atoms with Crippen molar-refractivity contribution in [1.29, 1.82) is 0 Å². The molecule has 0 spiro atoms. The number of benzene rings is 1. The van der Waals surface area contributed by atoms with E-state index in [-0.39, 0.29) is 0 Å². The van der Waals surface area contributed by atoms with E-state index in [0.29, 0.717) is 10.9 Å². The first kappa shape index (κ1) is 12.1. The van der Waals surface area contributed by atoms with E-state index in [2.05, 4.69) is 27.1 Å². The Morgan fingerprint density at radius 2 is 2.11 bits per heavy atom. The van der Waals surface area contributed by atoms with Crippen molar-refractivity contribution in [2.45, 2.75) is 6.42 Å². The van der Waals surface area contributed by atoms with Crippen LogP contribution >= 0.6 is 0 Å². The SMILES string of the molecule is CNCCC#Cc1ccc2[nH]c(=O)[nH]c(=O)c2c1. The summed E-state index contributed by atoms with van der Waals surface area (Å²) in [6.45, 7) is 0.828. The van der Waals surface area contributed by atoms with Gasteiger partial charge in [-0.1, -0.05) is 11.8 Å². The van der Waals surface area contributed by atoms with Crippen molar-refractivity contribution < 1.29 is 0 Å². The topological polar surface area (TPSA) is 77.8 Å². The fourth-order valence-electron chi connectivity index (χ4n) is 1.59. The largest absolute Gasteiger partial charge is 0.326 e. The highest BCUT2D eigenvalue weighted by Crippen LogP contribution is 2.07. The second kappa shape index (κ2) is 5.34. The normalized spacial score (nSPS) is 10.1. The van der Waals surface area contributed by atoms with E-state index >= 15 is 0 Å². The number of aromatic nitrogens is 2. The average Bonchev–Trinajstić information content (AvgIpc) is 2.35. The molecule has 0 saturated heterocycles. The molecule has 5 nitrogen and oxygen atoms in total. The molecule has 0 aliphatic rings. The van der Waals surface area contributed by atoms with Gasteiger partial charge in [-0.05, 0) is 25.2 Å². The molecule has 1 aromatic heterocycles. The highest BCUT2D eigenvalue weighted by atomic mass is 16.2. The molecule has 2 aromatic rings. The standard InChI is InChI=1S/C13H13N3O2/c1-14-7-3-2-4-9-5-6-11-10(8-9)12(17)16-13(18)15-11/h5-6,8,14H,3,7H2,1H3,(H2,15,16,17,18). The zero-order valence-electron chi connectivity index (χ0n) is 9.96. The molecule has 0 aliphatic heterocycles. The van der Waals surface area contributed by atoms with Crippen LogP contribution in [0.4, 0.5) is 0 Å². The van der Waals surface area contributed by atoms with Gasteiger partial charge in [0, 0.05) is 18.5 Å². The minimum atomic E-state index is -0.500. The molecule has 0 unspecified atom stereocenters. The Kier molecular flexibility index (Phi) is 3.60. The van der Waals surface area contributed by atoms with Gasteiger partial charge in [-0.25, -0.2) is 4.79 Å². The Morgan fingerprint density at radius 3 is 2.89 bits per heavy atom. The summed E-state index contributed by atoms with van der Waals surface area (Å²) < 4.78 is 0. The van der Waals surface area contributed by atoms with Crippen LogP contribution in [0.5, 0.6) is 0 Å². The van der Waals surface area contributed by atoms with Gasteiger partial charge in [-0.3, -0.25) is 9.78 Å². The summed E-state index contributed by atoms with van der Waals surface area (Å²) in [7, 11) is 1.87. The van der Waals surface area contributed by atoms with Crippen LogP contribution in [0, 0.1) is 11.8 Å². The van der Waals surface area contributed by atoms with Crippen molar-refractivity contribution in [3.05, 3.63) is 44.6 Å². The van der Waals surface area contributed by atoms with Crippen LogP contribution < -0.4 is 16.6 Å². The van der Waals surface area contributed by atoms with E-state index in [0.717, 1.165) is 18.5 Å². The molecule has 0 radical (unpaired) electrons. The summed E-state index contributed by atoms with van der Waals surface area (Å²) in [5.74, 6) is 5.98. The summed E-state index contributed by atoms with van der Waals surface area (Å²) in [5, 5.41) is 3.44. The van der Waals surface area contributed by atoms with E-state index in [1.807, 2.05) is 7.05 Å². The van der Waals surface area contributed by atoms with Gasteiger partial charge >= 0.3 is 5.69 Å². The lowest BCUT2D eigenvalue weighted by atomic mass is 10.1. The molecular weight excluding hydrogens is 230 g/mol. The van der Waals surface area contributed by atoms with Crippen LogP contribution in [0.15, 0.2) is 27.8 Å². The van der Waals surface area contributed by atoms with Crippen LogP contribution in [0.1, 0.15) is 12.0 Å². The Bertz CT molecular complexity index is 731. The van der Waals surface area contributed by atoms with Gasteiger partial charge in [0.1, 0.15) is 0 Å². The van der Waals surface area contributed by atoms with Crippen LogP contribution in [-0.2, 0) is 0 Å². The van der Waals surface area contributed by atoms with Gasteiger partial charge in [-0.2, -0.15) is 0 Å². The highest BCUT2D eigenvalue weighted by Gasteiger charge is 2.00. The smallest absolute Gasteiger partial charge is 0.319 e. The fraction of sp³-hybridized carbons (Fsp3) is 0.231. The number of nitrogens with one attached hydrogen (secondary N) is 3. The Labute approximate surface area is 103 Å². The number of H-pyrrole nitrogens is 2. The molecule has 2 rings (SSSR count). The lowest BCUT2D eigenvalue weighted by Crippen LogP contribution is -2.21. The maximum absolute atomic E-state index is 11.6. The minimum absolute atomic E-state index is 0.396. The molecule has 18 heavy (non-hydrogen) atoms. The Morgan fingerprint density at radius 1 is 1.28 bits per heavy atom. The minimum Gasteiger partial charge on any atom is -0.319 e. The van der Waals surface area contributed by atoms with Crippen LogP contribution in [0.25, 0.3) is 10.9 Å². The van der Waals surface area contributed by atoms with Gasteiger partial charge in [0.15, 0.2) is 0 Å². The van der Waals surface area contributed by atoms with E-state index < -0.39 is 11.2 Å². The molecule has 0 bridgehead atoms. The molecule has 5 heteroatoms. The Balaban J connectivity index is 2.41. The summed E-state index contributed by atoms with van der Waals surface area (Å²) in [6.07, 6.45) is 0.747. The first-order valence-electron chi connectivity index (χ1n) is 5.60. The van der Waals surface area contributed by atoms with E-state index in [1.165, 1.54) is 0 Å². The molecule has 92 valence electrons. The number of aromatic amines is 2. The van der Waals surface area contributed by atoms with Crippen LogP contribution in [0.2, 0.25) is 0 Å². The molecule has 0 saturated carbocycles. The molecule has 3 N–H and O–H groups in total. The number of rotatable bonds is 2. The van der Waals surface area contributed by atoms with Crippen molar-refractivity contribution in [3.63, 3.8) is 0 Å². The monoisotopic (exact) mass is 243 g/mol. The van der Waals surface area contributed by atoms with Crippen molar-refractivity contribution in [2.75, 3.05) is 13.6 Å². The van der Waals surface area contributed by atoms with Gasteiger partial charge in [0.25, 0.3) is 5.56 Å². The number of hydrogen-bond acceptors (Lipinski definition) is 3. The predicted octanol–water partition coefficient (Wildman–Crippen LogP) is 0.177. The van der Waals surface area contributed by atoms with Crippen molar-refractivity contribution in [3.8, 4) is 11.8 Å². The first-order chi connectivity index (χ1) is 8.70. The average molecular weight is 243 g/mol. The number of fused-ring (bicyclic) bond motifs is 1. The van der Waals surface area contributed by atoms with Crippen molar-refractivity contribution >= 4 is 10.9 Å². The molecule has 0 amide bonds. The Hall–Kier alpha value is -2.32. The van der Waals surface area contributed by atoms with Crippen LogP contribution in [0.3, 0.4) is 0 Å². The number of hydrogen-bond donors (Lipinski definition) is 3. The lowest BCUT2D eigenvalue weighted by Gasteiger charge is -1.96. The summed E-state index contributed by atoms with van der Waals surface area (Å²) in [6, 6.07) is 5.15. The van der Waals surface area contributed by atoms with Gasteiger partial charge in [-0.15, -0.1) is 0 Å². The maximum Gasteiger partial charge on any atom is 0.326 e. The zero-order chi connectivity index (χ0) is 13.0. The molecule has 0 aliphatic carbocycles. The van der Waals surface area contributed by atoms with Gasteiger partial charge in [0.05, 0.1) is 10.9 Å². The third kappa shape index (κ3) is 2.67. The van der Waals surface area contributed by atoms with Crippen molar-refractivity contribution in [1.82, 2.24) is 15.3 Å². The highest BCUT2D eigenvalue weighted by molar-refractivity contribution is 5.78. The molecule has 0 atom stereocenters. The van der Waals surface area contributed by atoms with Crippen molar-refractivity contribution in [2.24, 2.45) is 0 Å². The third-order valence-electron chi connectivity index (χ3n) is 2.47. The summed E-state index contributed by atoms with van der Waals surface area (Å²) in [4.78, 5) is 27.4. The molecular formula is C13H13N3O2. The molecule has 1 heterocycles.